The van der Waals surface area contributed by atoms with Gasteiger partial charge in [0.1, 0.15) is 6.04 Å². The first-order chi connectivity index (χ1) is 7.00. The van der Waals surface area contributed by atoms with Gasteiger partial charge in [-0.15, -0.1) is 6.58 Å². The fourth-order valence-electron chi connectivity index (χ4n) is 2.01. The first-order valence-electron chi connectivity index (χ1n) is 5.32. The highest BCUT2D eigenvalue weighted by molar-refractivity contribution is 5.83. The molecule has 1 unspecified atom stereocenters. The molecule has 0 spiro atoms. The molecule has 0 saturated carbocycles. The van der Waals surface area contributed by atoms with Gasteiger partial charge in [0.15, 0.2) is 0 Å². The number of hydrogen-bond acceptors (Lipinski definition) is 3. The summed E-state index contributed by atoms with van der Waals surface area (Å²) in [5.74, 6) is 0.0995. The summed E-state index contributed by atoms with van der Waals surface area (Å²) in [7, 11) is 1.86. The van der Waals surface area contributed by atoms with E-state index < -0.39 is 0 Å². The van der Waals surface area contributed by atoms with Gasteiger partial charge >= 0.3 is 0 Å². The highest BCUT2D eigenvalue weighted by Crippen LogP contribution is 2.15. The summed E-state index contributed by atoms with van der Waals surface area (Å²) in [6.07, 6.45) is 1.84. The van der Waals surface area contributed by atoms with Crippen LogP contribution in [0.3, 0.4) is 0 Å². The van der Waals surface area contributed by atoms with Gasteiger partial charge in [0, 0.05) is 25.2 Å². The molecule has 1 fully saturated rings. The smallest absolute Gasteiger partial charge is 0.239 e. The zero-order valence-electron chi connectivity index (χ0n) is 9.84. The van der Waals surface area contributed by atoms with E-state index in [0.29, 0.717) is 6.54 Å². The third kappa shape index (κ3) is 3.04. The van der Waals surface area contributed by atoms with Gasteiger partial charge in [-0.05, 0) is 20.9 Å². The summed E-state index contributed by atoms with van der Waals surface area (Å²) in [5, 5.41) is 6.07. The third-order valence-corrected chi connectivity index (χ3v) is 2.56. The fourth-order valence-corrected chi connectivity index (χ4v) is 2.01. The van der Waals surface area contributed by atoms with E-state index >= 15 is 0 Å². The maximum Gasteiger partial charge on any atom is 0.239 e. The maximum atomic E-state index is 11.9. The molecule has 4 heteroatoms. The molecular weight excluding hydrogens is 190 g/mol. The molecule has 0 bridgehead atoms. The number of hydrogen-bond donors (Lipinski definition) is 2. The normalized spacial score (nSPS) is 26.1. The number of nitrogens with zero attached hydrogens (tertiary/aromatic N) is 1. The molecule has 4 nitrogen and oxygen atoms in total. The maximum absolute atomic E-state index is 11.9. The van der Waals surface area contributed by atoms with Crippen LogP contribution < -0.4 is 10.6 Å². The highest BCUT2D eigenvalue weighted by Gasteiger charge is 2.37. The Balaban J connectivity index is 2.75. The van der Waals surface area contributed by atoms with Gasteiger partial charge in [0.25, 0.3) is 0 Å². The number of likely N-dealkylation sites (N-methyl/N-ethyl adjacent to an activating group) is 1. The monoisotopic (exact) mass is 211 g/mol. The van der Waals surface area contributed by atoms with E-state index in [1.54, 1.807) is 0 Å². The zero-order chi connectivity index (χ0) is 11.5. The Kier molecular flexibility index (Phi) is 3.88. The Morgan fingerprint density at radius 3 is 2.93 bits per heavy atom. The van der Waals surface area contributed by atoms with Crippen LogP contribution in [0.15, 0.2) is 12.7 Å². The first-order valence-corrected chi connectivity index (χ1v) is 5.32. The molecule has 1 rings (SSSR count). The molecule has 2 N–H and O–H groups in total. The second-order valence-corrected chi connectivity index (χ2v) is 4.66. The standard InChI is InChI=1S/C11H21N3O/c1-5-6-14-8-11(2,3)13-10(15)9(14)7-12-4/h5,9,12H,1,6-8H2,2-4H3,(H,13,15). The molecule has 1 heterocycles. The summed E-state index contributed by atoms with van der Waals surface area (Å²) in [6, 6.07) is -0.0824. The van der Waals surface area contributed by atoms with Gasteiger partial charge in [-0.3, -0.25) is 9.69 Å². The van der Waals surface area contributed by atoms with Gasteiger partial charge in [-0.1, -0.05) is 6.08 Å². The van der Waals surface area contributed by atoms with Crippen LogP contribution in [0.1, 0.15) is 13.8 Å². The number of carbonyl (C=O) groups is 1. The molecule has 0 aromatic heterocycles. The minimum absolute atomic E-state index is 0.0824. The molecule has 15 heavy (non-hydrogen) atoms. The molecular formula is C11H21N3O. The molecule has 86 valence electrons. The van der Waals surface area contributed by atoms with Crippen LogP contribution in [-0.4, -0.2) is 49.1 Å². The average molecular weight is 211 g/mol. The van der Waals surface area contributed by atoms with Gasteiger partial charge in [0.2, 0.25) is 5.91 Å². The van der Waals surface area contributed by atoms with Crippen molar-refractivity contribution < 1.29 is 4.79 Å². The van der Waals surface area contributed by atoms with Gasteiger partial charge in [0.05, 0.1) is 0 Å². The molecule has 1 amide bonds. The molecule has 0 radical (unpaired) electrons. The van der Waals surface area contributed by atoms with Crippen LogP contribution in [0.2, 0.25) is 0 Å². The van der Waals surface area contributed by atoms with E-state index in [2.05, 4.69) is 22.1 Å². The van der Waals surface area contributed by atoms with Crippen LogP contribution in [0.25, 0.3) is 0 Å². The molecule has 0 aromatic carbocycles. The largest absolute Gasteiger partial charge is 0.349 e. The minimum Gasteiger partial charge on any atom is -0.349 e. The summed E-state index contributed by atoms with van der Waals surface area (Å²) in [4.78, 5) is 14.0. The predicted octanol–water partition coefficient (Wildman–Crippen LogP) is -0.0292. The Morgan fingerprint density at radius 1 is 1.73 bits per heavy atom. The quantitative estimate of drug-likeness (QED) is 0.642. The van der Waals surface area contributed by atoms with E-state index in [0.717, 1.165) is 13.1 Å². The lowest BCUT2D eigenvalue weighted by Gasteiger charge is -2.43. The van der Waals surface area contributed by atoms with E-state index in [1.165, 1.54) is 0 Å². The number of amides is 1. The topological polar surface area (TPSA) is 44.4 Å². The van der Waals surface area contributed by atoms with Crippen molar-refractivity contribution in [2.75, 3.05) is 26.7 Å². The van der Waals surface area contributed by atoms with Gasteiger partial charge < -0.3 is 10.6 Å². The van der Waals surface area contributed by atoms with Crippen LogP contribution in [0, 0.1) is 0 Å². The Morgan fingerprint density at radius 2 is 2.40 bits per heavy atom. The predicted molar refractivity (Wildman–Crippen MR) is 61.7 cm³/mol. The van der Waals surface area contributed by atoms with Crippen molar-refractivity contribution >= 4 is 5.91 Å². The molecule has 1 aliphatic rings. The summed E-state index contributed by atoms with van der Waals surface area (Å²) in [6.45, 7) is 10.1. The minimum atomic E-state index is -0.148. The van der Waals surface area contributed by atoms with E-state index in [4.69, 9.17) is 0 Å². The van der Waals surface area contributed by atoms with Crippen LogP contribution >= 0.6 is 0 Å². The number of rotatable bonds is 4. The van der Waals surface area contributed by atoms with Crippen molar-refractivity contribution in [3.63, 3.8) is 0 Å². The number of piperazine rings is 1. The lowest BCUT2D eigenvalue weighted by atomic mass is 9.98. The molecule has 0 aliphatic carbocycles. The second kappa shape index (κ2) is 4.77. The second-order valence-electron chi connectivity index (χ2n) is 4.66. The Bertz CT molecular complexity index is 250. The highest BCUT2D eigenvalue weighted by atomic mass is 16.2. The molecule has 1 atom stereocenters. The molecule has 0 aromatic rings. The van der Waals surface area contributed by atoms with E-state index in [1.807, 2.05) is 27.0 Å². The first kappa shape index (κ1) is 12.2. The molecule has 1 aliphatic heterocycles. The number of carbonyl (C=O) groups excluding carboxylic acids is 1. The van der Waals surface area contributed by atoms with Crippen molar-refractivity contribution in [1.82, 2.24) is 15.5 Å². The van der Waals surface area contributed by atoms with Crippen LogP contribution in [0.4, 0.5) is 0 Å². The van der Waals surface area contributed by atoms with Gasteiger partial charge in [-0.2, -0.15) is 0 Å². The third-order valence-electron chi connectivity index (χ3n) is 2.56. The lowest BCUT2D eigenvalue weighted by Crippen LogP contribution is -2.66. The van der Waals surface area contributed by atoms with Crippen molar-refractivity contribution in [1.29, 1.82) is 0 Å². The van der Waals surface area contributed by atoms with Crippen molar-refractivity contribution in [2.45, 2.75) is 25.4 Å². The summed E-state index contributed by atoms with van der Waals surface area (Å²) >= 11 is 0. The summed E-state index contributed by atoms with van der Waals surface area (Å²) < 4.78 is 0. The lowest BCUT2D eigenvalue weighted by molar-refractivity contribution is -0.132. The van der Waals surface area contributed by atoms with E-state index in [-0.39, 0.29) is 17.5 Å². The van der Waals surface area contributed by atoms with Crippen LogP contribution in [0.5, 0.6) is 0 Å². The van der Waals surface area contributed by atoms with Gasteiger partial charge in [-0.25, -0.2) is 0 Å². The van der Waals surface area contributed by atoms with Crippen molar-refractivity contribution in [3.05, 3.63) is 12.7 Å². The SMILES string of the molecule is C=CCN1CC(C)(C)NC(=O)C1CNC. The number of nitrogens with one attached hydrogen (secondary N) is 2. The zero-order valence-corrected chi connectivity index (χ0v) is 9.84. The molecule has 1 saturated heterocycles. The Labute approximate surface area is 91.7 Å². The fraction of sp³-hybridized carbons (Fsp3) is 0.727. The van der Waals surface area contributed by atoms with Crippen molar-refractivity contribution in [2.24, 2.45) is 0 Å². The Hall–Kier alpha value is -0.870. The average Bonchev–Trinajstić information content (AvgIpc) is 2.10. The van der Waals surface area contributed by atoms with Crippen molar-refractivity contribution in [3.8, 4) is 0 Å². The van der Waals surface area contributed by atoms with E-state index in [9.17, 15) is 4.79 Å². The summed E-state index contributed by atoms with van der Waals surface area (Å²) in [5.41, 5.74) is -0.148. The van der Waals surface area contributed by atoms with Crippen LogP contribution in [-0.2, 0) is 4.79 Å².